The van der Waals surface area contributed by atoms with Crippen LogP contribution in [0.1, 0.15) is 39.4 Å². The van der Waals surface area contributed by atoms with Gasteiger partial charge in [0.05, 0.1) is 12.7 Å². The Hall–Kier alpha value is -1.80. The third-order valence-electron chi connectivity index (χ3n) is 3.19. The molecule has 23 heavy (non-hydrogen) atoms. The van der Waals surface area contributed by atoms with Crippen LogP contribution in [0.3, 0.4) is 0 Å². The molecular formula is C15H21BFNO5. The van der Waals surface area contributed by atoms with Crippen LogP contribution in [-0.4, -0.2) is 37.0 Å². The Bertz CT molecular complexity index is 590. The van der Waals surface area contributed by atoms with E-state index in [1.807, 2.05) is 0 Å². The van der Waals surface area contributed by atoms with Crippen LogP contribution in [0.2, 0.25) is 0 Å². The molecule has 1 aromatic rings. The molecule has 1 aliphatic heterocycles. The fourth-order valence-electron chi connectivity index (χ4n) is 2.39. The maximum Gasteiger partial charge on any atom is 0.495 e. The fourth-order valence-corrected chi connectivity index (χ4v) is 2.39. The van der Waals surface area contributed by atoms with Crippen LogP contribution in [-0.2, 0) is 9.39 Å². The van der Waals surface area contributed by atoms with Crippen LogP contribution in [0.4, 0.5) is 9.18 Å². The number of halogens is 1. The monoisotopic (exact) mass is 325 g/mol. The predicted octanol–water partition coefficient (Wildman–Crippen LogP) is 1.51. The lowest BCUT2D eigenvalue weighted by Crippen LogP contribution is -2.35. The van der Waals surface area contributed by atoms with Crippen molar-refractivity contribution in [2.45, 2.75) is 39.4 Å². The maximum absolute atomic E-state index is 14.1. The zero-order chi connectivity index (χ0) is 17.2. The molecule has 2 rings (SSSR count). The topological polar surface area (TPSA) is 77.0 Å². The summed E-state index contributed by atoms with van der Waals surface area (Å²) in [7, 11) is -1.30. The second-order valence-corrected chi connectivity index (χ2v) is 6.17. The van der Waals surface area contributed by atoms with Gasteiger partial charge in [0, 0.05) is 17.6 Å². The largest absolute Gasteiger partial charge is 0.495 e. The van der Waals surface area contributed by atoms with Gasteiger partial charge in [-0.05, 0) is 39.8 Å². The van der Waals surface area contributed by atoms with Crippen molar-refractivity contribution in [3.8, 4) is 5.75 Å². The first kappa shape index (κ1) is 17.6. The molecule has 0 spiro atoms. The Labute approximate surface area is 135 Å². The quantitative estimate of drug-likeness (QED) is 0.821. The van der Waals surface area contributed by atoms with E-state index in [0.29, 0.717) is 12.4 Å². The Kier molecular flexibility index (Phi) is 5.16. The number of fused-ring (bicyclic) bond motifs is 1. The smallest absolute Gasteiger partial charge is 0.494 e. The fraction of sp³-hybridized carbons (Fsp3) is 0.533. The molecule has 1 unspecified atom stereocenters. The van der Waals surface area contributed by atoms with Gasteiger partial charge >= 0.3 is 13.2 Å². The normalized spacial score (nSPS) is 17.0. The molecule has 2 N–H and O–H groups in total. The zero-order valence-corrected chi connectivity index (χ0v) is 13.7. The molecule has 0 radical (unpaired) electrons. The van der Waals surface area contributed by atoms with E-state index in [1.165, 1.54) is 12.1 Å². The molecule has 0 saturated carbocycles. The summed E-state index contributed by atoms with van der Waals surface area (Å²) in [5.74, 6) is -0.146. The van der Waals surface area contributed by atoms with Crippen LogP contribution < -0.4 is 15.5 Å². The minimum absolute atomic E-state index is 0.0223. The number of carbonyl (C=O) groups is 1. The van der Waals surface area contributed by atoms with Gasteiger partial charge in [-0.3, -0.25) is 0 Å². The molecule has 1 atom stereocenters. The molecule has 0 fully saturated rings. The highest BCUT2D eigenvalue weighted by atomic mass is 19.1. The number of rotatable bonds is 4. The van der Waals surface area contributed by atoms with Gasteiger partial charge in [-0.25, -0.2) is 9.18 Å². The van der Waals surface area contributed by atoms with E-state index < -0.39 is 30.7 Å². The van der Waals surface area contributed by atoms with E-state index in [4.69, 9.17) is 14.1 Å². The van der Waals surface area contributed by atoms with Crippen LogP contribution >= 0.6 is 0 Å². The molecule has 126 valence electrons. The third-order valence-corrected chi connectivity index (χ3v) is 3.19. The van der Waals surface area contributed by atoms with Crippen LogP contribution in [0.5, 0.6) is 5.75 Å². The summed E-state index contributed by atoms with van der Waals surface area (Å²) in [5.41, 5.74) is -0.173. The van der Waals surface area contributed by atoms with Gasteiger partial charge in [0.25, 0.3) is 0 Å². The van der Waals surface area contributed by atoms with E-state index in [-0.39, 0.29) is 17.6 Å². The van der Waals surface area contributed by atoms with Crippen molar-refractivity contribution < 1.29 is 28.3 Å². The van der Waals surface area contributed by atoms with Crippen LogP contribution in [0, 0.1) is 5.82 Å². The van der Waals surface area contributed by atoms with Crippen molar-refractivity contribution in [1.29, 1.82) is 0 Å². The van der Waals surface area contributed by atoms with Gasteiger partial charge in [0.2, 0.25) is 0 Å². The summed E-state index contributed by atoms with van der Waals surface area (Å²) in [5, 5.41) is 12.5. The number of carbonyl (C=O) groups excluding carboxylic acids is 1. The molecule has 1 aromatic carbocycles. The third kappa shape index (κ3) is 4.14. The standard InChI is InChI=1S/C15H21BFNO5/c1-5-21-10-7-6-9(17)12-11(23-16(20)13(10)12)8-18-14(19)22-15(2,3)4/h6-7,11,20H,5,8H2,1-4H3,(H,18,19). The van der Waals surface area contributed by atoms with Crippen molar-refractivity contribution >= 4 is 18.7 Å². The molecule has 1 heterocycles. The maximum atomic E-state index is 14.1. The van der Waals surface area contributed by atoms with Crippen LogP contribution in [0.25, 0.3) is 0 Å². The first-order valence-corrected chi connectivity index (χ1v) is 7.48. The van der Waals surface area contributed by atoms with E-state index in [9.17, 15) is 14.2 Å². The first-order valence-electron chi connectivity index (χ1n) is 7.48. The molecule has 8 heteroatoms. The number of ether oxygens (including phenoxy) is 2. The molecule has 6 nitrogen and oxygen atoms in total. The van der Waals surface area contributed by atoms with E-state index in [2.05, 4.69) is 5.32 Å². The highest BCUT2D eigenvalue weighted by Crippen LogP contribution is 2.29. The zero-order valence-electron chi connectivity index (χ0n) is 13.7. The second-order valence-electron chi connectivity index (χ2n) is 6.17. The molecule has 1 aliphatic rings. The summed E-state index contributed by atoms with van der Waals surface area (Å²) in [6.07, 6.45) is -1.45. The van der Waals surface area contributed by atoms with Crippen molar-refractivity contribution in [2.75, 3.05) is 13.2 Å². The average molecular weight is 325 g/mol. The summed E-state index contributed by atoms with van der Waals surface area (Å²) in [6.45, 7) is 7.37. The minimum Gasteiger partial charge on any atom is -0.494 e. The van der Waals surface area contributed by atoms with Crippen molar-refractivity contribution in [1.82, 2.24) is 5.32 Å². The van der Waals surface area contributed by atoms with Crippen molar-refractivity contribution in [2.24, 2.45) is 0 Å². The van der Waals surface area contributed by atoms with Gasteiger partial charge in [-0.2, -0.15) is 0 Å². The Morgan fingerprint density at radius 2 is 2.17 bits per heavy atom. The van der Waals surface area contributed by atoms with Crippen LogP contribution in [0.15, 0.2) is 12.1 Å². The number of amides is 1. The first-order chi connectivity index (χ1) is 10.7. The Morgan fingerprint density at radius 1 is 1.48 bits per heavy atom. The number of hydrogen-bond acceptors (Lipinski definition) is 5. The summed E-state index contributed by atoms with van der Waals surface area (Å²) in [6, 6.07) is 2.71. The second kappa shape index (κ2) is 6.76. The summed E-state index contributed by atoms with van der Waals surface area (Å²) in [4.78, 5) is 11.7. The lowest BCUT2D eigenvalue weighted by Gasteiger charge is -2.21. The summed E-state index contributed by atoms with van der Waals surface area (Å²) >= 11 is 0. The lowest BCUT2D eigenvalue weighted by molar-refractivity contribution is 0.0497. The lowest BCUT2D eigenvalue weighted by atomic mass is 9.78. The molecule has 0 bridgehead atoms. The van der Waals surface area contributed by atoms with E-state index in [0.717, 1.165) is 0 Å². The van der Waals surface area contributed by atoms with Crippen molar-refractivity contribution in [3.63, 3.8) is 0 Å². The van der Waals surface area contributed by atoms with Crippen molar-refractivity contribution in [3.05, 3.63) is 23.5 Å². The number of nitrogens with one attached hydrogen (secondary N) is 1. The van der Waals surface area contributed by atoms with Gasteiger partial charge in [0.15, 0.2) is 0 Å². The highest BCUT2D eigenvalue weighted by Gasteiger charge is 2.40. The molecular weight excluding hydrogens is 304 g/mol. The molecule has 0 aliphatic carbocycles. The number of alkyl carbamates (subject to hydrolysis) is 1. The molecule has 1 amide bonds. The van der Waals surface area contributed by atoms with Gasteiger partial charge in [-0.1, -0.05) is 0 Å². The van der Waals surface area contributed by atoms with Gasteiger partial charge in [0.1, 0.15) is 17.2 Å². The molecule has 0 aromatic heterocycles. The molecule has 0 saturated heterocycles. The Balaban J connectivity index is 2.14. The minimum atomic E-state index is -1.30. The predicted molar refractivity (Wildman–Crippen MR) is 83.2 cm³/mol. The highest BCUT2D eigenvalue weighted by molar-refractivity contribution is 6.62. The SMILES string of the molecule is CCOc1ccc(F)c2c1B(O)OC2CNC(=O)OC(C)(C)C. The summed E-state index contributed by atoms with van der Waals surface area (Å²) < 4.78 is 30.0. The number of benzene rings is 1. The average Bonchev–Trinajstić information content (AvgIpc) is 2.76. The Morgan fingerprint density at radius 3 is 2.78 bits per heavy atom. The van der Waals surface area contributed by atoms with E-state index >= 15 is 0 Å². The van der Waals surface area contributed by atoms with Gasteiger partial charge in [-0.15, -0.1) is 0 Å². The van der Waals surface area contributed by atoms with E-state index in [1.54, 1.807) is 27.7 Å². The van der Waals surface area contributed by atoms with Gasteiger partial charge < -0.3 is 24.5 Å². The number of hydrogen-bond donors (Lipinski definition) is 2.